The van der Waals surface area contributed by atoms with Crippen molar-refractivity contribution in [1.29, 1.82) is 0 Å². The maximum atomic E-state index is 5.66. The number of nitrogens with zero attached hydrogens (tertiary/aromatic N) is 1. The summed E-state index contributed by atoms with van der Waals surface area (Å²) in [4.78, 5) is 5.66. The minimum Gasteiger partial charge on any atom is -0.296 e. The average Bonchev–Trinajstić information content (AvgIpc) is 4.03. The average molecular weight is 1090 g/mol. The summed E-state index contributed by atoms with van der Waals surface area (Å²) in [5.41, 5.74) is 25.6. The first-order valence-electron chi connectivity index (χ1n) is 26.9. The molecule has 4 aliphatic rings. The Hall–Kier alpha value is -5.40. The summed E-state index contributed by atoms with van der Waals surface area (Å²) in [6.45, 7) is 9.39. The Bertz CT molecular complexity index is 3200. The monoisotopic (exact) mass is 1090 g/mol. The number of rotatable bonds is 14. The van der Waals surface area contributed by atoms with E-state index in [0.717, 1.165) is 16.8 Å². The fraction of sp³-hybridized carbons (Fsp3) is 0.338. The van der Waals surface area contributed by atoms with E-state index in [-0.39, 0.29) is 36.4 Å². The minimum absolute atomic E-state index is 0. The number of hydrogen-bond acceptors (Lipinski definition) is 1. The van der Waals surface area contributed by atoms with Crippen LogP contribution in [0.4, 0.5) is 0 Å². The van der Waals surface area contributed by atoms with Gasteiger partial charge in [-0.25, -0.2) is 0 Å². The van der Waals surface area contributed by atoms with Crippen LogP contribution in [0.2, 0.25) is 0 Å². The summed E-state index contributed by atoms with van der Waals surface area (Å²) in [5.74, 6) is 0. The molecule has 2 saturated carbocycles. The third-order valence-corrected chi connectivity index (χ3v) is 17.7. The van der Waals surface area contributed by atoms with E-state index < -0.39 is 0 Å². The summed E-state index contributed by atoms with van der Waals surface area (Å²) in [6, 6.07) is 60.3. The largest absolute Gasteiger partial charge is 0.296 e. The van der Waals surface area contributed by atoms with Crippen molar-refractivity contribution in [2.75, 3.05) is 0 Å². The quantitative estimate of drug-likeness (QED) is 0.0781. The molecule has 355 valence electrons. The van der Waals surface area contributed by atoms with Gasteiger partial charge in [0.1, 0.15) is 0 Å². The Balaban J connectivity index is 0.00000533. The summed E-state index contributed by atoms with van der Waals surface area (Å²) >= 11 is 0. The molecule has 0 aliphatic heterocycles. The number of aromatic nitrogens is 1. The van der Waals surface area contributed by atoms with E-state index in [2.05, 4.69) is 179 Å². The standard InChI is InChI=1S/C68H68N.Ir/c1-5-7-9-12-21-46-37-47(22-13-10-8-6-2)39-53(38-46)50-29-31-55-56-32-30-52(42-63(56)68-35-19-33-67(68,34-20-36-68)62(55)41-50)64-44-57(51-26-18-25-49(40-51)48-23-14-11-15-24-48)59-43-58-54-27-16-17-28-60(54)66(3,4)61(58)45-65(59)69-64;/h11,14-18,23-29,31-32,37-45H,5-10,12-13,19-22,33-36H2,1-4H3;/q-1;. The second-order valence-corrected chi connectivity index (χ2v) is 22.1. The Kier molecular flexibility index (Phi) is 12.7. The van der Waals surface area contributed by atoms with Crippen molar-refractivity contribution in [2.45, 2.75) is 147 Å². The zero-order chi connectivity index (χ0) is 46.7. The van der Waals surface area contributed by atoms with Crippen molar-refractivity contribution in [1.82, 2.24) is 4.98 Å². The first-order valence-corrected chi connectivity index (χ1v) is 26.9. The number of fused-ring (bicyclic) bond motifs is 7. The molecule has 8 aromatic rings. The van der Waals surface area contributed by atoms with E-state index in [1.54, 1.807) is 11.1 Å². The maximum Gasteiger partial charge on any atom is 0.0605 e. The number of aryl methyl sites for hydroxylation is 2. The van der Waals surface area contributed by atoms with Crippen molar-refractivity contribution in [3.63, 3.8) is 0 Å². The summed E-state index contributed by atoms with van der Waals surface area (Å²) in [6.07, 6.45) is 20.4. The first-order chi connectivity index (χ1) is 33.8. The van der Waals surface area contributed by atoms with Crippen LogP contribution >= 0.6 is 0 Å². The second kappa shape index (κ2) is 19.0. The summed E-state index contributed by atoms with van der Waals surface area (Å²) < 4.78 is 0. The van der Waals surface area contributed by atoms with E-state index in [1.165, 1.54) is 186 Å². The molecule has 0 unspecified atom stereocenters. The van der Waals surface area contributed by atoms with Crippen LogP contribution in [0.25, 0.3) is 77.8 Å². The van der Waals surface area contributed by atoms with Crippen molar-refractivity contribution in [3.8, 4) is 66.9 Å². The molecule has 4 aliphatic carbocycles. The third kappa shape index (κ3) is 7.79. The Labute approximate surface area is 432 Å². The SMILES string of the molecule is CCCCCCc1cc(CCCCCC)cc(-c2ccc3c(c2)C24CCCC2(CCC4)c2cc(-c4cc(-c5cccc(-c6ccccc6)c5)c5cc6c(cc5n4)C(C)(C)c4ccccc4-6)[c-]cc2-3)c1.[Ir]. The van der Waals surface area contributed by atoms with Gasteiger partial charge < -0.3 is 0 Å². The smallest absolute Gasteiger partial charge is 0.0605 e. The molecule has 0 N–H and O–H groups in total. The molecule has 70 heavy (non-hydrogen) atoms. The van der Waals surface area contributed by atoms with E-state index in [0.29, 0.717) is 0 Å². The van der Waals surface area contributed by atoms with Crippen molar-refractivity contribution >= 4 is 10.9 Å². The maximum absolute atomic E-state index is 5.66. The van der Waals surface area contributed by atoms with Gasteiger partial charge in [-0.3, -0.25) is 4.98 Å². The van der Waals surface area contributed by atoms with E-state index in [9.17, 15) is 0 Å². The van der Waals surface area contributed by atoms with Crippen LogP contribution in [0, 0.1) is 6.07 Å². The molecule has 0 bridgehead atoms. The Morgan fingerprint density at radius 2 is 1.09 bits per heavy atom. The molecule has 1 nitrogen and oxygen atoms in total. The molecule has 1 aromatic heterocycles. The van der Waals surface area contributed by atoms with Gasteiger partial charge in [-0.2, -0.15) is 0 Å². The van der Waals surface area contributed by atoms with Gasteiger partial charge in [-0.05, 0) is 153 Å². The third-order valence-electron chi connectivity index (χ3n) is 17.7. The molecule has 12 rings (SSSR count). The van der Waals surface area contributed by atoms with Gasteiger partial charge in [0.2, 0.25) is 0 Å². The van der Waals surface area contributed by atoms with Gasteiger partial charge in [0.25, 0.3) is 0 Å². The molecular formula is C68H68IrN-. The summed E-state index contributed by atoms with van der Waals surface area (Å²) in [5, 5.41) is 1.20. The summed E-state index contributed by atoms with van der Waals surface area (Å²) in [7, 11) is 0. The van der Waals surface area contributed by atoms with Gasteiger partial charge in [-0.15, -0.1) is 29.3 Å². The van der Waals surface area contributed by atoms with Crippen molar-refractivity contribution in [3.05, 3.63) is 185 Å². The number of benzene rings is 7. The first kappa shape index (κ1) is 47.0. The van der Waals surface area contributed by atoms with Crippen LogP contribution in [-0.2, 0) is 49.2 Å². The van der Waals surface area contributed by atoms with Crippen LogP contribution in [0.5, 0.6) is 0 Å². The van der Waals surface area contributed by atoms with Gasteiger partial charge in [-0.1, -0.05) is 205 Å². The topological polar surface area (TPSA) is 12.9 Å². The van der Waals surface area contributed by atoms with Crippen LogP contribution in [-0.4, -0.2) is 4.98 Å². The Morgan fingerprint density at radius 1 is 0.457 bits per heavy atom. The molecule has 0 amide bonds. The number of hydrogen-bond donors (Lipinski definition) is 0. The van der Waals surface area contributed by atoms with Crippen LogP contribution in [0.1, 0.15) is 151 Å². The van der Waals surface area contributed by atoms with Gasteiger partial charge in [0.15, 0.2) is 0 Å². The molecule has 0 spiro atoms. The van der Waals surface area contributed by atoms with Gasteiger partial charge >= 0.3 is 0 Å². The molecule has 1 radical (unpaired) electrons. The zero-order valence-corrected chi connectivity index (χ0v) is 44.3. The van der Waals surface area contributed by atoms with Crippen molar-refractivity contribution < 1.29 is 20.1 Å². The molecule has 0 saturated heterocycles. The van der Waals surface area contributed by atoms with Gasteiger partial charge in [0, 0.05) is 36.3 Å². The molecule has 1 heterocycles. The van der Waals surface area contributed by atoms with Crippen LogP contribution < -0.4 is 0 Å². The molecular weight excluding hydrogens is 1020 g/mol. The van der Waals surface area contributed by atoms with E-state index in [4.69, 9.17) is 4.98 Å². The molecule has 0 atom stereocenters. The van der Waals surface area contributed by atoms with Crippen LogP contribution in [0.15, 0.2) is 146 Å². The minimum atomic E-state index is -0.114. The molecule has 2 heteroatoms. The molecule has 7 aromatic carbocycles. The van der Waals surface area contributed by atoms with Gasteiger partial charge in [0.05, 0.1) is 5.52 Å². The predicted molar refractivity (Wildman–Crippen MR) is 292 cm³/mol. The van der Waals surface area contributed by atoms with Crippen LogP contribution in [0.3, 0.4) is 0 Å². The Morgan fingerprint density at radius 3 is 1.80 bits per heavy atom. The number of unbranched alkanes of at least 4 members (excludes halogenated alkanes) is 6. The van der Waals surface area contributed by atoms with E-state index in [1.807, 2.05) is 0 Å². The normalized spacial score (nSPS) is 18.9. The zero-order valence-electron chi connectivity index (χ0n) is 42.0. The fourth-order valence-electron chi connectivity index (χ4n) is 14.3. The van der Waals surface area contributed by atoms with E-state index >= 15 is 0 Å². The molecule has 2 fully saturated rings. The van der Waals surface area contributed by atoms with Crippen molar-refractivity contribution in [2.24, 2.45) is 0 Å². The number of pyridine rings is 1. The predicted octanol–water partition coefficient (Wildman–Crippen LogP) is 18.8. The fourth-order valence-corrected chi connectivity index (χ4v) is 14.3. The second-order valence-electron chi connectivity index (χ2n) is 22.1.